The number of halogens is 4. The maximum atomic E-state index is 13.7. The van der Waals surface area contributed by atoms with Crippen molar-refractivity contribution in [3.05, 3.63) is 65.0 Å². The van der Waals surface area contributed by atoms with Gasteiger partial charge in [0.15, 0.2) is 5.69 Å². The van der Waals surface area contributed by atoms with Crippen molar-refractivity contribution in [1.29, 1.82) is 0 Å². The lowest BCUT2D eigenvalue weighted by Crippen LogP contribution is -2.57. The quantitative estimate of drug-likeness (QED) is 0.239. The molecule has 0 bridgehead atoms. The summed E-state index contributed by atoms with van der Waals surface area (Å²) in [6, 6.07) is 2.93. The average molecular weight is 637 g/mol. The fraction of sp³-hybridized carbons (Fsp3) is 0.500. The molecule has 1 aromatic carbocycles. The number of esters is 1. The molecule has 1 unspecified atom stereocenters. The first-order chi connectivity index (χ1) is 20.8. The molecule has 10 nitrogen and oxygen atoms in total. The zero-order chi connectivity index (χ0) is 32.2. The van der Waals surface area contributed by atoms with Crippen LogP contribution in [0.1, 0.15) is 75.0 Å². The average Bonchev–Trinajstić information content (AvgIpc) is 3.48. The van der Waals surface area contributed by atoms with E-state index >= 15 is 0 Å². The van der Waals surface area contributed by atoms with Crippen molar-refractivity contribution in [1.82, 2.24) is 24.4 Å². The van der Waals surface area contributed by atoms with Gasteiger partial charge in [0.25, 0.3) is 0 Å². The predicted molar refractivity (Wildman–Crippen MR) is 158 cm³/mol. The van der Waals surface area contributed by atoms with E-state index in [2.05, 4.69) is 15.0 Å². The Hall–Kier alpha value is -3.87. The minimum Gasteiger partial charge on any atom is -0.464 e. The third-order valence-corrected chi connectivity index (χ3v) is 7.82. The van der Waals surface area contributed by atoms with Crippen LogP contribution < -0.4 is 4.90 Å². The number of hydrogen-bond donors (Lipinski definition) is 0. The summed E-state index contributed by atoms with van der Waals surface area (Å²) >= 11 is 6.13. The number of piperidine rings is 1. The maximum absolute atomic E-state index is 13.7. The number of carbonyl (C=O) groups excluding carboxylic acids is 2. The summed E-state index contributed by atoms with van der Waals surface area (Å²) in [5, 5.41) is -0.0309. The van der Waals surface area contributed by atoms with Gasteiger partial charge in [0.05, 0.1) is 36.9 Å². The van der Waals surface area contributed by atoms with Gasteiger partial charge in [-0.2, -0.15) is 13.2 Å². The van der Waals surface area contributed by atoms with Crippen LogP contribution >= 0.6 is 11.6 Å². The van der Waals surface area contributed by atoms with Crippen LogP contribution in [-0.2, 0) is 22.2 Å². The molecule has 238 valence electrons. The number of hydrogen-bond acceptors (Lipinski definition) is 8. The predicted octanol–water partition coefficient (Wildman–Crippen LogP) is 6.69. The minimum absolute atomic E-state index is 0.0309. The van der Waals surface area contributed by atoms with Gasteiger partial charge < -0.3 is 23.8 Å². The molecule has 0 N–H and O–H groups in total. The first kappa shape index (κ1) is 33.0. The second kappa shape index (κ2) is 13.8. The number of methoxy groups -OCH3 is 1. The molecule has 2 aromatic heterocycles. The molecule has 1 fully saturated rings. The van der Waals surface area contributed by atoms with Gasteiger partial charge in [-0.3, -0.25) is 0 Å². The summed E-state index contributed by atoms with van der Waals surface area (Å²) < 4.78 is 52.8. The zero-order valence-corrected chi connectivity index (χ0v) is 26.0. The van der Waals surface area contributed by atoms with Crippen LogP contribution in [0.4, 0.5) is 23.9 Å². The lowest BCUT2D eigenvalue weighted by molar-refractivity contribution is -0.137. The standard InChI is InChI=1S/C30H36ClF3N6O4/c1-6-22-11-24(12-23(7-2)40(22)29(42)44-18(3)4)39(15-19-8-20(30(32,33)34)10-21(31)9-19)28-35-13-25(14-36-28)38-16-26(37-17-38)27(41)43-5/h8-10,13-14,16-18,22-24H,6-7,11-12,15H2,1-5H3/t22-,23+,24?. The summed E-state index contributed by atoms with van der Waals surface area (Å²) in [5.74, 6) is -0.296. The van der Waals surface area contributed by atoms with Gasteiger partial charge in [-0.15, -0.1) is 0 Å². The molecule has 1 saturated heterocycles. The van der Waals surface area contributed by atoms with E-state index in [0.717, 1.165) is 12.1 Å². The highest BCUT2D eigenvalue weighted by atomic mass is 35.5. The van der Waals surface area contributed by atoms with Crippen LogP contribution in [0.15, 0.2) is 43.1 Å². The van der Waals surface area contributed by atoms with Crippen molar-refractivity contribution in [3.63, 3.8) is 0 Å². The number of carbonyl (C=O) groups is 2. The lowest BCUT2D eigenvalue weighted by Gasteiger charge is -2.47. The molecule has 0 spiro atoms. The number of likely N-dealkylation sites (tertiary alicyclic amines) is 1. The van der Waals surface area contributed by atoms with Crippen molar-refractivity contribution in [3.8, 4) is 5.69 Å². The molecular formula is C30H36ClF3N6O4. The molecule has 0 saturated carbocycles. The first-order valence-corrected chi connectivity index (χ1v) is 14.8. The van der Waals surface area contributed by atoms with E-state index < -0.39 is 17.7 Å². The number of rotatable bonds is 9. The van der Waals surface area contributed by atoms with Gasteiger partial charge in [0, 0.05) is 35.9 Å². The fourth-order valence-corrected chi connectivity index (χ4v) is 5.78. The third-order valence-electron chi connectivity index (χ3n) is 7.60. The van der Waals surface area contributed by atoms with Crippen LogP contribution in [0.5, 0.6) is 0 Å². The molecule has 14 heteroatoms. The van der Waals surface area contributed by atoms with E-state index in [-0.39, 0.29) is 47.6 Å². The van der Waals surface area contributed by atoms with Gasteiger partial charge in [0.1, 0.15) is 6.33 Å². The van der Waals surface area contributed by atoms with Crippen molar-refractivity contribution >= 4 is 29.6 Å². The van der Waals surface area contributed by atoms with Gasteiger partial charge in [-0.05, 0) is 63.3 Å². The van der Waals surface area contributed by atoms with Crippen molar-refractivity contribution < 1.29 is 32.2 Å². The smallest absolute Gasteiger partial charge is 0.416 e. The van der Waals surface area contributed by atoms with E-state index in [1.54, 1.807) is 35.7 Å². The van der Waals surface area contributed by atoms with Crippen LogP contribution in [0, 0.1) is 0 Å². The highest BCUT2D eigenvalue weighted by molar-refractivity contribution is 6.30. The highest BCUT2D eigenvalue weighted by Crippen LogP contribution is 2.36. The number of anilines is 1. The number of imidazole rings is 1. The molecule has 0 radical (unpaired) electrons. The van der Waals surface area contributed by atoms with Crippen LogP contribution in [-0.4, -0.2) is 67.8 Å². The van der Waals surface area contributed by atoms with E-state index in [4.69, 9.17) is 21.1 Å². The number of ether oxygens (including phenoxy) is 2. The summed E-state index contributed by atoms with van der Waals surface area (Å²) in [7, 11) is 1.26. The summed E-state index contributed by atoms with van der Waals surface area (Å²) in [5.41, 5.74) is 0.126. The molecule has 1 aliphatic heterocycles. The number of aromatic nitrogens is 4. The topological polar surface area (TPSA) is 103 Å². The van der Waals surface area contributed by atoms with Crippen molar-refractivity contribution in [2.45, 2.75) is 90.3 Å². The maximum Gasteiger partial charge on any atom is 0.416 e. The Balaban J connectivity index is 1.71. The van der Waals surface area contributed by atoms with E-state index in [1.807, 2.05) is 18.7 Å². The Morgan fingerprint density at radius 2 is 1.70 bits per heavy atom. The van der Waals surface area contributed by atoms with Gasteiger partial charge in [-0.1, -0.05) is 25.4 Å². The monoisotopic (exact) mass is 636 g/mol. The number of amides is 1. The molecule has 1 aliphatic rings. The largest absolute Gasteiger partial charge is 0.464 e. The van der Waals surface area contributed by atoms with Gasteiger partial charge >= 0.3 is 18.2 Å². The molecule has 3 heterocycles. The molecule has 4 rings (SSSR count). The molecule has 0 aliphatic carbocycles. The van der Waals surface area contributed by atoms with E-state index in [0.29, 0.717) is 42.9 Å². The fourth-order valence-electron chi connectivity index (χ4n) is 5.53. The Bertz CT molecular complexity index is 1440. The van der Waals surface area contributed by atoms with Crippen LogP contribution in [0.3, 0.4) is 0 Å². The van der Waals surface area contributed by atoms with Gasteiger partial charge in [-0.25, -0.2) is 24.5 Å². The molecule has 3 aromatic rings. The number of alkyl halides is 3. The first-order valence-electron chi connectivity index (χ1n) is 14.4. The second-order valence-corrected chi connectivity index (χ2v) is 11.4. The van der Waals surface area contributed by atoms with Crippen LogP contribution in [0.2, 0.25) is 5.02 Å². The van der Waals surface area contributed by atoms with Gasteiger partial charge in [0.2, 0.25) is 5.95 Å². The van der Waals surface area contributed by atoms with E-state index in [1.165, 1.54) is 25.7 Å². The Morgan fingerprint density at radius 3 is 2.25 bits per heavy atom. The number of benzene rings is 1. The van der Waals surface area contributed by atoms with Crippen molar-refractivity contribution in [2.75, 3.05) is 12.0 Å². The van der Waals surface area contributed by atoms with Crippen LogP contribution in [0.25, 0.3) is 5.69 Å². The summed E-state index contributed by atoms with van der Waals surface area (Å²) in [6.45, 7) is 7.64. The van der Waals surface area contributed by atoms with Crippen molar-refractivity contribution in [2.24, 2.45) is 0 Å². The Labute approximate surface area is 259 Å². The van der Waals surface area contributed by atoms with E-state index in [9.17, 15) is 22.8 Å². The number of nitrogens with zero attached hydrogens (tertiary/aromatic N) is 6. The normalized spacial score (nSPS) is 18.8. The SMILES string of the molecule is CC[C@@H]1CC(N(Cc2cc(Cl)cc(C(F)(F)F)c2)c2ncc(-n3cnc(C(=O)OC)c3)cn2)C[C@H](CC)N1C(=O)OC(C)C. The zero-order valence-electron chi connectivity index (χ0n) is 25.2. The second-order valence-electron chi connectivity index (χ2n) is 11.0. The molecule has 1 amide bonds. The Morgan fingerprint density at radius 1 is 1.07 bits per heavy atom. The molecule has 3 atom stereocenters. The molecular weight excluding hydrogens is 601 g/mol. The highest BCUT2D eigenvalue weighted by Gasteiger charge is 2.41. The lowest BCUT2D eigenvalue weighted by atomic mass is 9.87. The molecule has 44 heavy (non-hydrogen) atoms. The summed E-state index contributed by atoms with van der Waals surface area (Å²) in [6.07, 6.45) is 3.15. The minimum atomic E-state index is -4.57. The summed E-state index contributed by atoms with van der Waals surface area (Å²) in [4.78, 5) is 41.8. The Kier molecular flexibility index (Phi) is 10.4. The third kappa shape index (κ3) is 7.61.